The summed E-state index contributed by atoms with van der Waals surface area (Å²) in [7, 11) is 1.43. The van der Waals surface area contributed by atoms with Crippen LogP contribution in [0.25, 0.3) is 10.9 Å². The molecule has 8 heteroatoms. The summed E-state index contributed by atoms with van der Waals surface area (Å²) < 4.78 is 30.8. The molecule has 3 aromatic rings. The maximum Gasteiger partial charge on any atom is 0.253 e. The van der Waals surface area contributed by atoms with Crippen molar-refractivity contribution >= 4 is 22.7 Å². The number of nitrogens with one attached hydrogen (secondary N) is 2. The van der Waals surface area contributed by atoms with E-state index < -0.39 is 29.6 Å². The second-order valence-electron chi connectivity index (χ2n) is 8.13. The number of aliphatic hydroxyl groups is 1. The number of aromatic nitrogens is 1. The van der Waals surface area contributed by atoms with Gasteiger partial charge < -0.3 is 20.3 Å². The highest BCUT2D eigenvalue weighted by atomic mass is 19.1. The zero-order valence-corrected chi connectivity index (χ0v) is 17.7. The summed E-state index contributed by atoms with van der Waals surface area (Å²) in [5.74, 6) is -2.16. The summed E-state index contributed by atoms with van der Waals surface area (Å²) in [5, 5.41) is 15.6. The number of halogens is 2. The quantitative estimate of drug-likeness (QED) is 0.568. The van der Waals surface area contributed by atoms with Gasteiger partial charge >= 0.3 is 0 Å². The highest BCUT2D eigenvalue weighted by Crippen LogP contribution is 2.27. The zero-order valence-electron chi connectivity index (χ0n) is 17.7. The van der Waals surface area contributed by atoms with Crippen LogP contribution in [-0.4, -0.2) is 40.7 Å². The Balaban J connectivity index is 1.66. The van der Waals surface area contributed by atoms with Gasteiger partial charge in [-0.15, -0.1) is 0 Å². The fourth-order valence-electron chi connectivity index (χ4n) is 4.31. The Morgan fingerprint density at radius 2 is 1.84 bits per heavy atom. The number of rotatable bonds is 5. The molecule has 1 aliphatic carbocycles. The second-order valence-corrected chi connectivity index (χ2v) is 8.13. The highest BCUT2D eigenvalue weighted by Gasteiger charge is 2.27. The molecule has 168 valence electrons. The van der Waals surface area contributed by atoms with Crippen molar-refractivity contribution in [3.63, 3.8) is 0 Å². The first kappa shape index (κ1) is 22.0. The molecule has 0 spiro atoms. The Labute approximate surface area is 184 Å². The molecule has 4 rings (SSSR count). The van der Waals surface area contributed by atoms with E-state index in [0.29, 0.717) is 23.9 Å². The van der Waals surface area contributed by atoms with Gasteiger partial charge in [-0.2, -0.15) is 0 Å². The van der Waals surface area contributed by atoms with Gasteiger partial charge in [0.1, 0.15) is 11.6 Å². The average molecular weight is 441 g/mol. The number of benzene rings is 2. The second kappa shape index (κ2) is 9.08. The summed E-state index contributed by atoms with van der Waals surface area (Å²) in [5.41, 5.74) is 1.16. The van der Waals surface area contributed by atoms with E-state index in [1.54, 1.807) is 29.0 Å². The molecule has 6 nitrogen and oxygen atoms in total. The van der Waals surface area contributed by atoms with Crippen LogP contribution < -0.4 is 10.6 Å². The minimum atomic E-state index is -0.659. The molecule has 1 aromatic heterocycles. The molecule has 0 saturated heterocycles. The van der Waals surface area contributed by atoms with Crippen LogP contribution in [0.2, 0.25) is 0 Å². The van der Waals surface area contributed by atoms with Gasteiger partial charge in [-0.05, 0) is 42.7 Å². The number of nitrogens with zero attached hydrogens (tertiary/aromatic N) is 1. The standard InChI is InChI=1S/C24H25F2N3O3/c1-27-23(31)15-10-9-14(11-18(15)26)12-29-13-16(22-17(25)5-4-7-20(22)29)24(32)28-19-6-2-3-8-21(19)30/h4-5,7,9-11,13,19,21,30H,2-3,6,8,12H2,1H3,(H,27,31)(H,28,32)/t19?,21-/m0/s1. The van der Waals surface area contributed by atoms with Crippen molar-refractivity contribution in [1.29, 1.82) is 0 Å². The fourth-order valence-corrected chi connectivity index (χ4v) is 4.31. The fraction of sp³-hybridized carbons (Fsp3) is 0.333. The Kier molecular flexibility index (Phi) is 6.23. The van der Waals surface area contributed by atoms with E-state index in [4.69, 9.17) is 0 Å². The number of carbonyl (C=O) groups is 2. The number of hydrogen-bond acceptors (Lipinski definition) is 3. The smallest absolute Gasteiger partial charge is 0.253 e. The van der Waals surface area contributed by atoms with Crippen molar-refractivity contribution in [2.45, 2.75) is 44.4 Å². The first-order chi connectivity index (χ1) is 15.4. The molecule has 0 radical (unpaired) electrons. The number of amides is 2. The summed E-state index contributed by atoms with van der Waals surface area (Å²) >= 11 is 0. The lowest BCUT2D eigenvalue weighted by Gasteiger charge is -2.28. The Hall–Kier alpha value is -3.26. The van der Waals surface area contributed by atoms with Crippen LogP contribution in [0.4, 0.5) is 8.78 Å². The monoisotopic (exact) mass is 441 g/mol. The predicted octanol–water partition coefficient (Wildman–Crippen LogP) is 3.36. The minimum Gasteiger partial charge on any atom is -0.391 e. The molecule has 2 amide bonds. The molecule has 1 aliphatic rings. The molecule has 0 aliphatic heterocycles. The summed E-state index contributed by atoms with van der Waals surface area (Å²) in [6.45, 7) is 0.185. The molecule has 1 fully saturated rings. The van der Waals surface area contributed by atoms with Gasteiger partial charge in [0.05, 0.1) is 28.8 Å². The van der Waals surface area contributed by atoms with Gasteiger partial charge in [-0.25, -0.2) is 8.78 Å². The topological polar surface area (TPSA) is 83.4 Å². The average Bonchev–Trinajstić information content (AvgIpc) is 3.15. The van der Waals surface area contributed by atoms with Crippen LogP contribution in [0.1, 0.15) is 52.0 Å². The van der Waals surface area contributed by atoms with Crippen LogP contribution in [0.3, 0.4) is 0 Å². The molecule has 3 N–H and O–H groups in total. The van der Waals surface area contributed by atoms with Crippen molar-refractivity contribution in [3.8, 4) is 0 Å². The van der Waals surface area contributed by atoms with E-state index in [-0.39, 0.29) is 29.1 Å². The zero-order chi connectivity index (χ0) is 22.8. The van der Waals surface area contributed by atoms with Crippen molar-refractivity contribution in [3.05, 3.63) is 70.9 Å². The van der Waals surface area contributed by atoms with E-state index in [2.05, 4.69) is 10.6 Å². The van der Waals surface area contributed by atoms with Crippen molar-refractivity contribution in [2.24, 2.45) is 0 Å². The van der Waals surface area contributed by atoms with E-state index >= 15 is 0 Å². The predicted molar refractivity (Wildman–Crippen MR) is 117 cm³/mol. The van der Waals surface area contributed by atoms with Crippen LogP contribution >= 0.6 is 0 Å². The van der Waals surface area contributed by atoms with Gasteiger partial charge in [0.25, 0.3) is 11.8 Å². The third-order valence-corrected chi connectivity index (χ3v) is 6.00. The van der Waals surface area contributed by atoms with E-state index in [9.17, 15) is 23.5 Å². The van der Waals surface area contributed by atoms with Crippen LogP contribution in [0.15, 0.2) is 42.6 Å². The number of carbonyl (C=O) groups excluding carboxylic acids is 2. The van der Waals surface area contributed by atoms with Gasteiger partial charge in [-0.1, -0.05) is 25.0 Å². The highest BCUT2D eigenvalue weighted by molar-refractivity contribution is 6.07. The lowest BCUT2D eigenvalue weighted by molar-refractivity contribution is 0.0718. The molecule has 1 heterocycles. The first-order valence-electron chi connectivity index (χ1n) is 10.7. The van der Waals surface area contributed by atoms with Crippen molar-refractivity contribution in [1.82, 2.24) is 15.2 Å². The summed E-state index contributed by atoms with van der Waals surface area (Å²) in [4.78, 5) is 24.7. The lowest BCUT2D eigenvalue weighted by Crippen LogP contribution is -2.45. The third kappa shape index (κ3) is 4.23. The van der Waals surface area contributed by atoms with E-state index in [1.165, 1.54) is 25.2 Å². The van der Waals surface area contributed by atoms with Gasteiger partial charge in [-0.3, -0.25) is 9.59 Å². The molecular weight excluding hydrogens is 416 g/mol. The molecule has 1 saturated carbocycles. The molecule has 0 bridgehead atoms. The van der Waals surface area contributed by atoms with Gasteiger partial charge in [0.15, 0.2) is 0 Å². The Morgan fingerprint density at radius 3 is 2.56 bits per heavy atom. The van der Waals surface area contributed by atoms with Crippen LogP contribution in [-0.2, 0) is 6.54 Å². The van der Waals surface area contributed by atoms with Crippen LogP contribution in [0.5, 0.6) is 0 Å². The molecule has 1 unspecified atom stereocenters. The van der Waals surface area contributed by atoms with E-state index in [0.717, 1.165) is 12.8 Å². The first-order valence-corrected chi connectivity index (χ1v) is 10.7. The normalized spacial score (nSPS) is 18.5. The Bertz CT molecular complexity index is 1170. The van der Waals surface area contributed by atoms with E-state index in [1.807, 2.05) is 0 Å². The number of aliphatic hydroxyl groups excluding tert-OH is 1. The minimum absolute atomic E-state index is 0.0641. The van der Waals surface area contributed by atoms with Crippen molar-refractivity contribution < 1.29 is 23.5 Å². The molecule has 32 heavy (non-hydrogen) atoms. The maximum atomic E-state index is 14.7. The lowest BCUT2D eigenvalue weighted by atomic mass is 9.92. The number of fused-ring (bicyclic) bond motifs is 1. The molecule has 2 atom stereocenters. The summed E-state index contributed by atoms with van der Waals surface area (Å²) in [6.07, 6.45) is 4.05. The molecule has 2 aromatic carbocycles. The summed E-state index contributed by atoms with van der Waals surface area (Å²) in [6, 6.07) is 8.44. The van der Waals surface area contributed by atoms with Crippen LogP contribution in [0, 0.1) is 11.6 Å². The SMILES string of the molecule is CNC(=O)c1ccc(Cn2cc(C(=O)NC3CCCC[C@@H]3O)c3c(F)cccc32)cc1F. The number of hydrogen-bond donors (Lipinski definition) is 3. The van der Waals surface area contributed by atoms with Crippen molar-refractivity contribution in [2.75, 3.05) is 7.05 Å². The Morgan fingerprint density at radius 1 is 1.06 bits per heavy atom. The van der Waals surface area contributed by atoms with Gasteiger partial charge in [0.2, 0.25) is 0 Å². The van der Waals surface area contributed by atoms with Gasteiger partial charge in [0, 0.05) is 25.2 Å². The third-order valence-electron chi connectivity index (χ3n) is 6.00. The largest absolute Gasteiger partial charge is 0.391 e. The molecular formula is C24H25F2N3O3. The maximum absolute atomic E-state index is 14.7.